The summed E-state index contributed by atoms with van der Waals surface area (Å²) in [5, 5.41) is 18.2. The molecule has 2 unspecified atom stereocenters. The average Bonchev–Trinajstić information content (AvgIpc) is 3.77. The van der Waals surface area contributed by atoms with Crippen LogP contribution >= 0.6 is 0 Å². The van der Waals surface area contributed by atoms with Gasteiger partial charge in [-0.1, -0.05) is 64.4 Å². The van der Waals surface area contributed by atoms with Gasteiger partial charge in [0.05, 0.1) is 12.1 Å². The molecule has 12 heteroatoms. The van der Waals surface area contributed by atoms with Crippen LogP contribution in [0.15, 0.2) is 30.3 Å². The standard InChI is InChI=1S/C35H53N7O5/c1-8-47-34(46)31-26-18-14-15-24(26)21-41(31)33(45)30(23(4)5)37-32(44)29(22(2)3)36-28(43)20-13-12-19-27-38-39-40-42(27)35(6,7)25-16-10-9-11-17-25/h9-11,16-17,22-24,26,29-31H,8,12-15,18-21H2,1-7H3,(H,36,43)(H,37,44)/t24?,26-,29-,30-,31?/m0/s1. The van der Waals surface area contributed by atoms with E-state index in [1.807, 2.05) is 62.7 Å². The summed E-state index contributed by atoms with van der Waals surface area (Å²) in [6, 6.07) is 7.79. The Morgan fingerprint density at radius 3 is 2.34 bits per heavy atom. The molecule has 1 saturated heterocycles. The number of ether oxygens (including phenoxy) is 1. The van der Waals surface area contributed by atoms with Gasteiger partial charge in [0.1, 0.15) is 18.1 Å². The highest BCUT2D eigenvalue weighted by Gasteiger charge is 2.51. The number of aromatic nitrogens is 4. The third-order valence-corrected chi connectivity index (χ3v) is 9.80. The van der Waals surface area contributed by atoms with Gasteiger partial charge in [0.25, 0.3) is 0 Å². The molecule has 0 bridgehead atoms. The highest BCUT2D eigenvalue weighted by molar-refractivity contribution is 5.94. The number of amides is 3. The molecule has 1 aliphatic heterocycles. The van der Waals surface area contributed by atoms with Crippen molar-refractivity contribution >= 4 is 23.7 Å². The summed E-state index contributed by atoms with van der Waals surface area (Å²) in [5.41, 5.74) is 0.659. The quantitative estimate of drug-likeness (QED) is 0.219. The summed E-state index contributed by atoms with van der Waals surface area (Å²) >= 11 is 0. The number of likely N-dealkylation sites (tertiary alicyclic amines) is 1. The van der Waals surface area contributed by atoms with E-state index in [0.717, 1.165) is 30.7 Å². The zero-order valence-electron chi connectivity index (χ0n) is 29.1. The van der Waals surface area contributed by atoms with Gasteiger partial charge in [-0.25, -0.2) is 9.48 Å². The Hall–Kier alpha value is -3.83. The second-order valence-corrected chi connectivity index (χ2v) is 14.2. The van der Waals surface area contributed by atoms with Crippen LogP contribution in [0.2, 0.25) is 0 Å². The highest BCUT2D eigenvalue weighted by atomic mass is 16.5. The van der Waals surface area contributed by atoms with Crippen molar-refractivity contribution in [3.05, 3.63) is 41.7 Å². The van der Waals surface area contributed by atoms with Gasteiger partial charge >= 0.3 is 5.97 Å². The molecular weight excluding hydrogens is 598 g/mol. The van der Waals surface area contributed by atoms with Gasteiger partial charge in [-0.05, 0) is 86.1 Å². The van der Waals surface area contributed by atoms with Gasteiger partial charge in [-0.3, -0.25) is 14.4 Å². The largest absolute Gasteiger partial charge is 0.464 e. The Morgan fingerprint density at radius 1 is 0.979 bits per heavy atom. The van der Waals surface area contributed by atoms with E-state index in [1.54, 1.807) is 11.8 Å². The summed E-state index contributed by atoms with van der Waals surface area (Å²) in [7, 11) is 0. The Kier molecular flexibility index (Phi) is 12.1. The summed E-state index contributed by atoms with van der Waals surface area (Å²) in [4.78, 5) is 55.1. The van der Waals surface area contributed by atoms with E-state index in [9.17, 15) is 19.2 Å². The van der Waals surface area contributed by atoms with E-state index in [1.165, 1.54) is 0 Å². The number of hydrogen-bond donors (Lipinski definition) is 2. The van der Waals surface area contributed by atoms with Crippen LogP contribution in [0.4, 0.5) is 0 Å². The van der Waals surface area contributed by atoms with Crippen LogP contribution in [0.5, 0.6) is 0 Å². The van der Waals surface area contributed by atoms with E-state index >= 15 is 0 Å². The van der Waals surface area contributed by atoms with Crippen LogP contribution in [0.25, 0.3) is 0 Å². The van der Waals surface area contributed by atoms with E-state index in [4.69, 9.17) is 4.74 Å². The molecule has 4 rings (SSSR count). The second-order valence-electron chi connectivity index (χ2n) is 14.2. The van der Waals surface area contributed by atoms with Crippen molar-refractivity contribution < 1.29 is 23.9 Å². The maximum absolute atomic E-state index is 13.9. The van der Waals surface area contributed by atoms with E-state index in [0.29, 0.717) is 25.8 Å². The number of esters is 1. The molecule has 0 spiro atoms. The normalized spacial score (nSPS) is 20.6. The van der Waals surface area contributed by atoms with Gasteiger partial charge in [0.2, 0.25) is 17.7 Å². The molecule has 1 aromatic heterocycles. The fraction of sp³-hybridized carbons (Fsp3) is 0.686. The Bertz CT molecular complexity index is 1380. The van der Waals surface area contributed by atoms with Crippen molar-refractivity contribution in [3.8, 4) is 0 Å². The minimum absolute atomic E-state index is 0.0900. The third-order valence-electron chi connectivity index (χ3n) is 9.80. The molecule has 12 nitrogen and oxygen atoms in total. The van der Waals surface area contributed by atoms with Gasteiger partial charge < -0.3 is 20.3 Å². The maximum atomic E-state index is 13.9. The van der Waals surface area contributed by atoms with Gasteiger partial charge in [0, 0.05) is 19.4 Å². The molecule has 0 radical (unpaired) electrons. The number of hydrogen-bond acceptors (Lipinski definition) is 8. The van der Waals surface area contributed by atoms with Crippen molar-refractivity contribution in [2.24, 2.45) is 23.7 Å². The molecule has 1 saturated carbocycles. The number of carbonyl (C=O) groups is 4. The lowest BCUT2D eigenvalue weighted by Crippen LogP contribution is -2.59. The molecule has 1 aliphatic carbocycles. The molecule has 1 aromatic carbocycles. The first kappa shape index (κ1) is 36.0. The number of aryl methyl sites for hydroxylation is 1. The van der Waals surface area contributed by atoms with Crippen LogP contribution in [-0.4, -0.2) is 80.1 Å². The number of benzene rings is 1. The lowest BCUT2D eigenvalue weighted by Gasteiger charge is -2.33. The Morgan fingerprint density at radius 2 is 1.68 bits per heavy atom. The number of nitrogens with one attached hydrogen (secondary N) is 2. The molecule has 2 fully saturated rings. The van der Waals surface area contributed by atoms with E-state index in [-0.39, 0.29) is 54.5 Å². The second kappa shape index (κ2) is 15.8. The van der Waals surface area contributed by atoms with Crippen molar-refractivity contribution in [2.45, 2.75) is 117 Å². The van der Waals surface area contributed by atoms with Crippen molar-refractivity contribution in [1.29, 1.82) is 0 Å². The summed E-state index contributed by atoms with van der Waals surface area (Å²) < 4.78 is 7.20. The van der Waals surface area contributed by atoms with E-state index in [2.05, 4.69) is 40.0 Å². The minimum atomic E-state index is -0.831. The molecule has 2 aliphatic rings. The molecule has 3 amide bonds. The smallest absolute Gasteiger partial charge is 0.329 e. The first-order valence-corrected chi connectivity index (χ1v) is 17.3. The zero-order chi connectivity index (χ0) is 34.3. The van der Waals surface area contributed by atoms with Gasteiger partial charge in [-0.2, -0.15) is 0 Å². The third kappa shape index (κ3) is 8.37. The zero-order valence-corrected chi connectivity index (χ0v) is 29.1. The van der Waals surface area contributed by atoms with E-state index < -0.39 is 29.6 Å². The number of rotatable bonds is 15. The first-order valence-electron chi connectivity index (χ1n) is 17.3. The molecule has 2 N–H and O–H groups in total. The molecular formula is C35H53N7O5. The molecule has 2 heterocycles. The van der Waals surface area contributed by atoms with Crippen molar-refractivity contribution in [3.63, 3.8) is 0 Å². The van der Waals surface area contributed by atoms with Crippen molar-refractivity contribution in [2.75, 3.05) is 13.2 Å². The summed E-state index contributed by atoms with van der Waals surface area (Å²) in [5.74, 6) is -0.600. The van der Waals surface area contributed by atoms with Gasteiger partial charge in [0.15, 0.2) is 5.82 Å². The SMILES string of the molecule is CCOC(=O)C1[C@H]2CCCC2CN1C(=O)[C@@H](NC(=O)[C@@H](NC(=O)CCCCc1nnnn1C(C)(C)c1ccccc1)C(C)C)C(C)C. The highest BCUT2D eigenvalue weighted by Crippen LogP contribution is 2.43. The molecule has 47 heavy (non-hydrogen) atoms. The van der Waals surface area contributed by atoms with Crippen LogP contribution in [0.1, 0.15) is 98.4 Å². The van der Waals surface area contributed by atoms with Crippen molar-refractivity contribution in [1.82, 2.24) is 35.7 Å². The summed E-state index contributed by atoms with van der Waals surface area (Å²) in [6.07, 6.45) is 5.04. The molecule has 5 atom stereocenters. The fourth-order valence-electron chi connectivity index (χ4n) is 7.11. The summed E-state index contributed by atoms with van der Waals surface area (Å²) in [6.45, 7) is 14.1. The monoisotopic (exact) mass is 651 g/mol. The maximum Gasteiger partial charge on any atom is 0.329 e. The lowest BCUT2D eigenvalue weighted by atomic mass is 9.94. The number of nitrogens with zero attached hydrogens (tertiary/aromatic N) is 5. The number of unbranched alkanes of at least 4 members (excludes halogenated alkanes) is 1. The number of tetrazole rings is 1. The molecule has 258 valence electrons. The number of carbonyl (C=O) groups excluding carboxylic acids is 4. The predicted molar refractivity (Wildman–Crippen MR) is 177 cm³/mol. The van der Waals surface area contributed by atoms with Crippen LogP contribution in [0, 0.1) is 23.7 Å². The first-order chi connectivity index (χ1) is 22.4. The lowest BCUT2D eigenvalue weighted by molar-refractivity contribution is -0.155. The Balaban J connectivity index is 1.33. The predicted octanol–water partition coefficient (Wildman–Crippen LogP) is 3.64. The Labute approximate surface area is 278 Å². The fourth-order valence-corrected chi connectivity index (χ4v) is 7.11. The van der Waals surface area contributed by atoms with Crippen LogP contribution in [0.3, 0.4) is 0 Å². The minimum Gasteiger partial charge on any atom is -0.464 e. The topological polar surface area (TPSA) is 148 Å². The van der Waals surface area contributed by atoms with Crippen LogP contribution in [-0.2, 0) is 35.9 Å². The number of fused-ring (bicyclic) bond motifs is 1. The molecule has 2 aromatic rings. The van der Waals surface area contributed by atoms with Crippen LogP contribution < -0.4 is 10.6 Å². The van der Waals surface area contributed by atoms with Gasteiger partial charge in [-0.15, -0.1) is 5.10 Å². The average molecular weight is 652 g/mol.